The molecular formula is C19H21N5O4S. The van der Waals surface area contributed by atoms with Crippen LogP contribution >= 0.6 is 11.8 Å². The number of carbonyl (C=O) groups excluding carboxylic acids is 3. The van der Waals surface area contributed by atoms with E-state index in [9.17, 15) is 14.4 Å². The fourth-order valence-corrected chi connectivity index (χ4v) is 4.22. The first-order chi connectivity index (χ1) is 14.0. The largest absolute Gasteiger partial charge is 0.411 e. The number of imide groups is 1. The van der Waals surface area contributed by atoms with Crippen LogP contribution in [-0.2, 0) is 9.59 Å². The molecule has 1 spiro atoms. The van der Waals surface area contributed by atoms with Crippen molar-refractivity contribution in [3.63, 3.8) is 0 Å². The molecule has 2 N–H and O–H groups in total. The molecule has 2 aromatic rings. The monoisotopic (exact) mass is 415 g/mol. The first-order valence-electron chi connectivity index (χ1n) is 9.46. The van der Waals surface area contributed by atoms with Crippen LogP contribution in [0.5, 0.6) is 0 Å². The third-order valence-electron chi connectivity index (χ3n) is 5.10. The van der Waals surface area contributed by atoms with Crippen LogP contribution in [-0.4, -0.2) is 44.3 Å². The summed E-state index contributed by atoms with van der Waals surface area (Å²) in [5.41, 5.74) is 3.38. The van der Waals surface area contributed by atoms with Gasteiger partial charge >= 0.3 is 6.03 Å². The summed E-state index contributed by atoms with van der Waals surface area (Å²) in [4.78, 5) is 37.1. The van der Waals surface area contributed by atoms with Crippen molar-refractivity contribution in [3.05, 3.63) is 29.8 Å². The van der Waals surface area contributed by atoms with E-state index in [1.54, 1.807) is 0 Å². The summed E-state index contributed by atoms with van der Waals surface area (Å²) in [6.45, 7) is 1.97. The number of benzene rings is 1. The van der Waals surface area contributed by atoms with Gasteiger partial charge in [-0.25, -0.2) is 4.79 Å². The van der Waals surface area contributed by atoms with Gasteiger partial charge < -0.3 is 9.73 Å². The molecule has 0 unspecified atom stereocenters. The van der Waals surface area contributed by atoms with Gasteiger partial charge in [0.25, 0.3) is 11.1 Å². The highest BCUT2D eigenvalue weighted by Crippen LogP contribution is 2.33. The molecule has 4 rings (SSSR count). The van der Waals surface area contributed by atoms with Crippen LogP contribution in [0.2, 0.25) is 0 Å². The second-order valence-corrected chi connectivity index (χ2v) is 8.21. The maximum atomic E-state index is 12.7. The maximum absolute atomic E-state index is 12.7. The van der Waals surface area contributed by atoms with Crippen LogP contribution in [0.3, 0.4) is 0 Å². The van der Waals surface area contributed by atoms with Crippen molar-refractivity contribution in [1.29, 1.82) is 0 Å². The second kappa shape index (κ2) is 7.86. The molecule has 0 radical (unpaired) electrons. The Labute approximate surface area is 171 Å². The van der Waals surface area contributed by atoms with E-state index in [2.05, 4.69) is 20.9 Å². The summed E-state index contributed by atoms with van der Waals surface area (Å²) in [5, 5.41) is 11.7. The van der Waals surface area contributed by atoms with Gasteiger partial charge in [-0.3, -0.25) is 15.0 Å². The molecule has 2 fully saturated rings. The quantitative estimate of drug-likeness (QED) is 0.569. The molecule has 1 aliphatic carbocycles. The number of hydrazine groups is 1. The number of carbonyl (C=O) groups is 3. The molecule has 4 amide bonds. The Bertz CT molecular complexity index is 954. The number of hydrogen-bond donors (Lipinski definition) is 2. The van der Waals surface area contributed by atoms with Crippen molar-refractivity contribution >= 4 is 29.6 Å². The molecule has 0 atom stereocenters. The highest BCUT2D eigenvalue weighted by molar-refractivity contribution is 7.99. The average molecular weight is 415 g/mol. The molecule has 1 saturated heterocycles. The summed E-state index contributed by atoms with van der Waals surface area (Å²) >= 11 is 1.04. The van der Waals surface area contributed by atoms with Crippen molar-refractivity contribution < 1.29 is 18.8 Å². The van der Waals surface area contributed by atoms with E-state index in [4.69, 9.17) is 4.42 Å². The van der Waals surface area contributed by atoms with Crippen molar-refractivity contribution in [2.45, 2.75) is 49.8 Å². The van der Waals surface area contributed by atoms with Gasteiger partial charge in [-0.2, -0.15) is 5.01 Å². The number of urea groups is 1. The summed E-state index contributed by atoms with van der Waals surface area (Å²) in [6, 6.07) is 7.06. The van der Waals surface area contributed by atoms with E-state index in [0.29, 0.717) is 18.7 Å². The molecule has 2 heterocycles. The van der Waals surface area contributed by atoms with Crippen LogP contribution in [0.1, 0.15) is 37.7 Å². The predicted octanol–water partition coefficient (Wildman–Crippen LogP) is 2.42. The lowest BCUT2D eigenvalue weighted by Crippen LogP contribution is -2.51. The average Bonchev–Trinajstić information content (AvgIpc) is 3.27. The molecule has 1 aromatic heterocycles. The Morgan fingerprint density at radius 3 is 2.83 bits per heavy atom. The fraction of sp³-hybridized carbons (Fsp3) is 0.421. The van der Waals surface area contributed by atoms with Crippen LogP contribution < -0.4 is 10.7 Å². The predicted molar refractivity (Wildman–Crippen MR) is 105 cm³/mol. The van der Waals surface area contributed by atoms with Gasteiger partial charge in [0.05, 0.1) is 5.75 Å². The minimum Gasteiger partial charge on any atom is -0.411 e. The lowest BCUT2D eigenvalue weighted by atomic mass is 9.82. The third kappa shape index (κ3) is 3.98. The summed E-state index contributed by atoms with van der Waals surface area (Å²) < 4.78 is 5.58. The van der Waals surface area contributed by atoms with Gasteiger partial charge in [0.15, 0.2) is 0 Å². The Morgan fingerprint density at radius 2 is 2.07 bits per heavy atom. The number of aryl methyl sites for hydroxylation is 1. The Morgan fingerprint density at radius 1 is 1.28 bits per heavy atom. The first kappa shape index (κ1) is 19.4. The zero-order valence-electron chi connectivity index (χ0n) is 15.9. The summed E-state index contributed by atoms with van der Waals surface area (Å²) in [7, 11) is 0. The SMILES string of the molecule is Cc1cccc(-c2nnc(SCC(=O)NN3C(=O)NC4(CCCCC4)C3=O)o2)c1. The van der Waals surface area contributed by atoms with E-state index >= 15 is 0 Å². The normalized spacial score (nSPS) is 18.2. The number of amides is 4. The number of nitrogens with one attached hydrogen (secondary N) is 2. The van der Waals surface area contributed by atoms with Crippen LogP contribution in [0, 0.1) is 6.92 Å². The van der Waals surface area contributed by atoms with Crippen LogP contribution in [0.4, 0.5) is 4.79 Å². The lowest BCUT2D eigenvalue weighted by Gasteiger charge is -2.30. The Balaban J connectivity index is 1.34. The number of nitrogens with zero attached hydrogens (tertiary/aromatic N) is 3. The lowest BCUT2D eigenvalue weighted by molar-refractivity contribution is -0.139. The van der Waals surface area contributed by atoms with E-state index in [1.807, 2.05) is 31.2 Å². The van der Waals surface area contributed by atoms with E-state index in [-0.39, 0.29) is 16.9 Å². The first-order valence-corrected chi connectivity index (χ1v) is 10.4. The third-order valence-corrected chi connectivity index (χ3v) is 5.92. The van der Waals surface area contributed by atoms with Crippen LogP contribution in [0.15, 0.2) is 33.9 Å². The number of thioether (sulfide) groups is 1. The van der Waals surface area contributed by atoms with E-state index < -0.39 is 17.5 Å². The molecule has 29 heavy (non-hydrogen) atoms. The molecule has 1 aliphatic heterocycles. The van der Waals surface area contributed by atoms with Gasteiger partial charge in [-0.05, 0) is 31.9 Å². The number of rotatable bonds is 5. The second-order valence-electron chi connectivity index (χ2n) is 7.28. The fourth-order valence-electron chi connectivity index (χ4n) is 3.66. The molecule has 1 aromatic carbocycles. The van der Waals surface area contributed by atoms with E-state index in [0.717, 1.165) is 47.2 Å². The summed E-state index contributed by atoms with van der Waals surface area (Å²) in [5.74, 6) is -0.592. The van der Waals surface area contributed by atoms with Gasteiger partial charge in [-0.15, -0.1) is 10.2 Å². The van der Waals surface area contributed by atoms with Crippen LogP contribution in [0.25, 0.3) is 11.5 Å². The number of aromatic nitrogens is 2. The summed E-state index contributed by atoms with van der Waals surface area (Å²) in [6.07, 6.45) is 4.00. The van der Waals surface area contributed by atoms with Crippen molar-refractivity contribution in [3.8, 4) is 11.5 Å². The standard InChI is InChI=1S/C19H21N5O4S/c1-12-6-5-7-13(10-12)15-21-22-18(28-15)29-11-14(25)23-24-16(26)19(20-17(24)27)8-3-2-4-9-19/h5-7,10H,2-4,8-9,11H2,1H3,(H,20,27)(H,23,25). The number of hydrogen-bond acceptors (Lipinski definition) is 7. The highest BCUT2D eigenvalue weighted by atomic mass is 32.2. The van der Waals surface area contributed by atoms with Crippen molar-refractivity contribution in [1.82, 2.24) is 25.9 Å². The molecule has 152 valence electrons. The van der Waals surface area contributed by atoms with Crippen molar-refractivity contribution in [2.24, 2.45) is 0 Å². The zero-order chi connectivity index (χ0) is 20.4. The smallest absolute Gasteiger partial charge is 0.344 e. The molecular weight excluding hydrogens is 394 g/mol. The molecule has 10 heteroatoms. The minimum atomic E-state index is -0.870. The molecule has 0 bridgehead atoms. The van der Waals surface area contributed by atoms with Gasteiger partial charge in [-0.1, -0.05) is 48.7 Å². The van der Waals surface area contributed by atoms with Gasteiger partial charge in [0.1, 0.15) is 5.54 Å². The highest BCUT2D eigenvalue weighted by Gasteiger charge is 2.52. The zero-order valence-corrected chi connectivity index (χ0v) is 16.8. The molecule has 9 nitrogen and oxygen atoms in total. The van der Waals surface area contributed by atoms with Crippen molar-refractivity contribution in [2.75, 3.05) is 5.75 Å². The Kier molecular flexibility index (Phi) is 5.27. The van der Waals surface area contributed by atoms with Gasteiger partial charge in [0.2, 0.25) is 11.8 Å². The van der Waals surface area contributed by atoms with E-state index in [1.165, 1.54) is 0 Å². The van der Waals surface area contributed by atoms with Gasteiger partial charge in [0, 0.05) is 5.56 Å². The maximum Gasteiger partial charge on any atom is 0.344 e. The Hall–Kier alpha value is -2.88. The molecule has 1 saturated carbocycles. The topological polar surface area (TPSA) is 117 Å². The minimum absolute atomic E-state index is 0.0699. The molecule has 2 aliphatic rings.